The number of nitrogens with zero attached hydrogens (tertiary/aromatic N) is 3. The third-order valence-electron chi connectivity index (χ3n) is 4.24. The number of aromatic nitrogens is 2. The van der Waals surface area contributed by atoms with Crippen molar-refractivity contribution in [3.05, 3.63) is 52.6 Å². The molecular weight excluding hydrogens is 326 g/mol. The molecule has 0 unspecified atom stereocenters. The standard InChI is InChI=1S/C17H18BrN3/c1-3-19-16-12-15(20-21(16)4-2)17(10-5-11-17)13-6-8-14(18)9-7-13/h3-4,6-9,12H,2,5,10-11H2,1H3/b19-3-. The van der Waals surface area contributed by atoms with Gasteiger partial charge in [-0.05, 0) is 37.5 Å². The predicted molar refractivity (Wildman–Crippen MR) is 91.2 cm³/mol. The van der Waals surface area contributed by atoms with Crippen LogP contribution in [0.3, 0.4) is 0 Å². The lowest BCUT2D eigenvalue weighted by atomic mass is 9.62. The van der Waals surface area contributed by atoms with Gasteiger partial charge in [-0.1, -0.05) is 41.1 Å². The molecule has 0 N–H and O–H groups in total. The lowest BCUT2D eigenvalue weighted by Crippen LogP contribution is -2.36. The van der Waals surface area contributed by atoms with Crippen molar-refractivity contribution < 1.29 is 0 Å². The fourth-order valence-corrected chi connectivity index (χ4v) is 3.24. The molecule has 1 aromatic carbocycles. The van der Waals surface area contributed by atoms with Crippen LogP contribution in [0.4, 0.5) is 5.82 Å². The topological polar surface area (TPSA) is 30.2 Å². The lowest BCUT2D eigenvalue weighted by molar-refractivity contribution is 0.292. The number of halogens is 1. The number of hydrogen-bond acceptors (Lipinski definition) is 2. The Balaban J connectivity index is 2.07. The molecule has 0 amide bonds. The first-order chi connectivity index (χ1) is 10.2. The van der Waals surface area contributed by atoms with Gasteiger partial charge in [-0.3, -0.25) is 0 Å². The van der Waals surface area contributed by atoms with Crippen molar-refractivity contribution in [2.24, 2.45) is 4.99 Å². The zero-order valence-corrected chi connectivity index (χ0v) is 13.7. The predicted octanol–water partition coefficient (Wildman–Crippen LogP) is 4.94. The van der Waals surface area contributed by atoms with E-state index in [0.29, 0.717) is 0 Å². The van der Waals surface area contributed by atoms with Gasteiger partial charge in [0.15, 0.2) is 5.82 Å². The molecule has 21 heavy (non-hydrogen) atoms. The van der Waals surface area contributed by atoms with Gasteiger partial charge in [0, 0.05) is 28.4 Å². The molecule has 0 bridgehead atoms. The van der Waals surface area contributed by atoms with Gasteiger partial charge in [0.05, 0.1) is 5.69 Å². The molecule has 0 atom stereocenters. The molecule has 1 aromatic heterocycles. The average Bonchev–Trinajstić information content (AvgIpc) is 2.83. The van der Waals surface area contributed by atoms with E-state index < -0.39 is 0 Å². The fraction of sp³-hybridized carbons (Fsp3) is 0.294. The lowest BCUT2D eigenvalue weighted by Gasteiger charge is -2.41. The zero-order chi connectivity index (χ0) is 14.9. The summed E-state index contributed by atoms with van der Waals surface area (Å²) in [6.45, 7) is 5.73. The average molecular weight is 344 g/mol. The molecule has 2 aromatic rings. The highest BCUT2D eigenvalue weighted by atomic mass is 79.9. The Morgan fingerprint density at radius 2 is 2.05 bits per heavy atom. The summed E-state index contributed by atoms with van der Waals surface area (Å²) in [5.74, 6) is 0.839. The summed E-state index contributed by atoms with van der Waals surface area (Å²) in [5, 5.41) is 4.71. The van der Waals surface area contributed by atoms with Crippen molar-refractivity contribution in [1.82, 2.24) is 9.78 Å². The second kappa shape index (κ2) is 5.60. The van der Waals surface area contributed by atoms with Gasteiger partial charge in [-0.2, -0.15) is 5.10 Å². The monoisotopic (exact) mass is 343 g/mol. The minimum Gasteiger partial charge on any atom is -0.242 e. The largest absolute Gasteiger partial charge is 0.242 e. The maximum absolute atomic E-state index is 4.71. The second-order valence-electron chi connectivity index (χ2n) is 5.34. The minimum atomic E-state index is 0.0347. The Morgan fingerprint density at radius 3 is 2.57 bits per heavy atom. The van der Waals surface area contributed by atoms with E-state index in [1.54, 1.807) is 17.1 Å². The van der Waals surface area contributed by atoms with Crippen LogP contribution < -0.4 is 0 Å². The van der Waals surface area contributed by atoms with E-state index >= 15 is 0 Å². The first-order valence-electron chi connectivity index (χ1n) is 7.17. The molecule has 3 rings (SSSR count). The van der Waals surface area contributed by atoms with Crippen molar-refractivity contribution in [2.45, 2.75) is 31.6 Å². The fourth-order valence-electron chi connectivity index (χ4n) is 2.97. The number of hydrogen-bond donors (Lipinski definition) is 0. The van der Waals surface area contributed by atoms with Crippen molar-refractivity contribution in [3.63, 3.8) is 0 Å². The summed E-state index contributed by atoms with van der Waals surface area (Å²) in [7, 11) is 0. The van der Waals surface area contributed by atoms with E-state index in [-0.39, 0.29) is 5.41 Å². The van der Waals surface area contributed by atoms with Crippen LogP contribution in [-0.2, 0) is 5.41 Å². The maximum atomic E-state index is 4.71. The Morgan fingerprint density at radius 1 is 1.33 bits per heavy atom. The zero-order valence-electron chi connectivity index (χ0n) is 12.1. The van der Waals surface area contributed by atoms with E-state index in [1.807, 2.05) is 6.92 Å². The third-order valence-corrected chi connectivity index (χ3v) is 4.77. The highest BCUT2D eigenvalue weighted by molar-refractivity contribution is 9.10. The molecule has 0 spiro atoms. The summed E-state index contributed by atoms with van der Waals surface area (Å²) in [5.41, 5.74) is 2.46. The second-order valence-corrected chi connectivity index (χ2v) is 6.26. The van der Waals surface area contributed by atoms with Crippen LogP contribution in [0.15, 0.2) is 46.4 Å². The van der Waals surface area contributed by atoms with Gasteiger partial charge in [-0.15, -0.1) is 0 Å². The van der Waals surface area contributed by atoms with Crippen LogP contribution in [0.25, 0.3) is 6.20 Å². The molecule has 0 saturated heterocycles. The van der Waals surface area contributed by atoms with Crippen LogP contribution in [0.5, 0.6) is 0 Å². The van der Waals surface area contributed by atoms with E-state index in [2.05, 4.69) is 57.8 Å². The summed E-state index contributed by atoms with van der Waals surface area (Å²) < 4.78 is 2.86. The molecule has 3 nitrogen and oxygen atoms in total. The molecule has 108 valence electrons. The molecule has 1 aliphatic carbocycles. The van der Waals surface area contributed by atoms with E-state index in [9.17, 15) is 0 Å². The molecule has 4 heteroatoms. The van der Waals surface area contributed by atoms with E-state index in [1.165, 1.54) is 12.0 Å². The molecule has 0 aliphatic heterocycles. The van der Waals surface area contributed by atoms with Gasteiger partial charge < -0.3 is 0 Å². The summed E-state index contributed by atoms with van der Waals surface area (Å²) >= 11 is 3.50. The van der Waals surface area contributed by atoms with Crippen molar-refractivity contribution in [1.29, 1.82) is 0 Å². The van der Waals surface area contributed by atoms with Crippen molar-refractivity contribution >= 4 is 34.2 Å². The summed E-state index contributed by atoms with van der Waals surface area (Å²) in [6, 6.07) is 10.7. The molecule has 0 radical (unpaired) electrons. The molecular formula is C17H18BrN3. The molecule has 1 fully saturated rings. The number of rotatable bonds is 4. The van der Waals surface area contributed by atoms with Gasteiger partial charge in [-0.25, -0.2) is 9.67 Å². The van der Waals surface area contributed by atoms with Crippen molar-refractivity contribution in [3.8, 4) is 0 Å². The summed E-state index contributed by atoms with van der Waals surface area (Å²) in [4.78, 5) is 4.37. The normalized spacial score (nSPS) is 16.9. The van der Waals surface area contributed by atoms with E-state index in [4.69, 9.17) is 5.10 Å². The SMILES string of the molecule is C=Cn1nc(C2(c3ccc(Br)cc3)CCC2)cc1/N=C\C. The maximum Gasteiger partial charge on any atom is 0.154 e. The van der Waals surface area contributed by atoms with E-state index in [0.717, 1.165) is 28.8 Å². The van der Waals surface area contributed by atoms with Crippen LogP contribution in [-0.4, -0.2) is 16.0 Å². The van der Waals surface area contributed by atoms with Gasteiger partial charge in [0.1, 0.15) is 0 Å². The van der Waals surface area contributed by atoms with Gasteiger partial charge >= 0.3 is 0 Å². The Bertz CT molecular complexity index is 679. The molecule has 1 heterocycles. The van der Waals surface area contributed by atoms with Crippen LogP contribution >= 0.6 is 15.9 Å². The molecule has 1 aliphatic rings. The third kappa shape index (κ3) is 2.38. The van der Waals surface area contributed by atoms with Gasteiger partial charge in [0.25, 0.3) is 0 Å². The highest BCUT2D eigenvalue weighted by Crippen LogP contribution is 2.49. The Kier molecular flexibility index (Phi) is 3.81. The number of aliphatic imine (C=N–C) groups is 1. The van der Waals surface area contributed by atoms with Crippen LogP contribution in [0, 0.1) is 0 Å². The quantitative estimate of drug-likeness (QED) is 0.723. The smallest absolute Gasteiger partial charge is 0.154 e. The molecule has 1 saturated carbocycles. The van der Waals surface area contributed by atoms with Crippen LogP contribution in [0.2, 0.25) is 0 Å². The first-order valence-corrected chi connectivity index (χ1v) is 7.96. The Hall–Kier alpha value is -1.68. The first kappa shape index (κ1) is 14.3. The number of benzene rings is 1. The minimum absolute atomic E-state index is 0.0347. The highest BCUT2D eigenvalue weighted by Gasteiger charge is 2.42. The van der Waals surface area contributed by atoms with Crippen LogP contribution in [0.1, 0.15) is 37.4 Å². The van der Waals surface area contributed by atoms with Crippen molar-refractivity contribution in [2.75, 3.05) is 0 Å². The van der Waals surface area contributed by atoms with Gasteiger partial charge in [0.2, 0.25) is 0 Å². The Labute approximate surface area is 133 Å². The summed E-state index contributed by atoms with van der Waals surface area (Å²) in [6.07, 6.45) is 7.01.